The van der Waals surface area contributed by atoms with Gasteiger partial charge in [0.05, 0.1) is 17.1 Å². The second kappa shape index (κ2) is 5.00. The smallest absolute Gasteiger partial charge is 0.0945 e. The Morgan fingerprint density at radius 2 is 1.94 bits per heavy atom. The van der Waals surface area contributed by atoms with Crippen LogP contribution >= 0.6 is 0 Å². The molecule has 1 aromatic heterocycles. The summed E-state index contributed by atoms with van der Waals surface area (Å²) >= 11 is 0. The summed E-state index contributed by atoms with van der Waals surface area (Å²) < 4.78 is 0. The minimum atomic E-state index is -0.579. The Morgan fingerprint density at radius 3 is 2.67 bits per heavy atom. The van der Waals surface area contributed by atoms with Gasteiger partial charge < -0.3 is 10.4 Å². The highest BCUT2D eigenvalue weighted by atomic mass is 16.3. The number of benzene rings is 1. The van der Waals surface area contributed by atoms with Gasteiger partial charge in [-0.2, -0.15) is 0 Å². The zero-order valence-corrected chi connectivity index (χ0v) is 11.0. The summed E-state index contributed by atoms with van der Waals surface area (Å²) in [7, 11) is 0. The topological polar surface area (TPSA) is 58.0 Å². The highest BCUT2D eigenvalue weighted by Gasteiger charge is 2.16. The number of nitrogens with one attached hydrogen (secondary N) is 1. The first-order valence-electron chi connectivity index (χ1n) is 6.10. The molecule has 1 aromatic carbocycles. The highest BCUT2D eigenvalue weighted by Crippen LogP contribution is 2.21. The fourth-order valence-electron chi connectivity index (χ4n) is 1.80. The Morgan fingerprint density at radius 1 is 1.22 bits per heavy atom. The summed E-state index contributed by atoms with van der Waals surface area (Å²) in [5.41, 5.74) is 2.38. The summed E-state index contributed by atoms with van der Waals surface area (Å²) in [4.78, 5) is 8.54. The van der Waals surface area contributed by atoms with Gasteiger partial charge >= 0.3 is 0 Å². The standard InChI is InChI=1S/C14H19N3O/c1-14(2,3)17-9-12(18)10-5-4-6-11-13(10)16-8-7-15-11/h4-8,12,17-18H,9H2,1-3H3/t12-/m1/s1. The predicted molar refractivity (Wildman–Crippen MR) is 72.3 cm³/mol. The lowest BCUT2D eigenvalue weighted by Gasteiger charge is -2.23. The van der Waals surface area contributed by atoms with Crippen LogP contribution in [-0.2, 0) is 0 Å². The van der Waals surface area contributed by atoms with Gasteiger partial charge in [-0.15, -0.1) is 0 Å². The molecule has 0 radical (unpaired) electrons. The number of hydrogen-bond donors (Lipinski definition) is 2. The number of aliphatic hydroxyl groups is 1. The molecule has 96 valence electrons. The van der Waals surface area contributed by atoms with Gasteiger partial charge in [-0.3, -0.25) is 9.97 Å². The van der Waals surface area contributed by atoms with E-state index in [2.05, 4.69) is 36.1 Å². The van der Waals surface area contributed by atoms with Crippen LogP contribution in [0, 0.1) is 0 Å². The number of rotatable bonds is 3. The second-order valence-electron chi connectivity index (χ2n) is 5.42. The third-order valence-electron chi connectivity index (χ3n) is 2.71. The molecule has 1 atom stereocenters. The largest absolute Gasteiger partial charge is 0.387 e. The zero-order valence-electron chi connectivity index (χ0n) is 11.0. The Hall–Kier alpha value is -1.52. The SMILES string of the molecule is CC(C)(C)NC[C@@H](O)c1cccc2nccnc12. The second-order valence-corrected chi connectivity index (χ2v) is 5.42. The molecular weight excluding hydrogens is 226 g/mol. The Balaban J connectivity index is 2.25. The number of fused-ring (bicyclic) bond motifs is 1. The Bertz CT molecular complexity index is 529. The molecule has 0 fully saturated rings. The summed E-state index contributed by atoms with van der Waals surface area (Å²) in [6.45, 7) is 6.72. The number of aromatic nitrogens is 2. The number of aliphatic hydroxyl groups excluding tert-OH is 1. The van der Waals surface area contributed by atoms with Gasteiger partial charge in [-0.05, 0) is 26.8 Å². The van der Waals surface area contributed by atoms with Gasteiger partial charge in [-0.1, -0.05) is 12.1 Å². The summed E-state index contributed by atoms with van der Waals surface area (Å²) in [6.07, 6.45) is 2.73. The molecule has 2 N–H and O–H groups in total. The molecule has 2 aromatic rings. The fourth-order valence-corrected chi connectivity index (χ4v) is 1.80. The fraction of sp³-hybridized carbons (Fsp3) is 0.429. The molecule has 4 nitrogen and oxygen atoms in total. The van der Waals surface area contributed by atoms with Gasteiger partial charge in [0.1, 0.15) is 0 Å². The van der Waals surface area contributed by atoms with Crippen molar-refractivity contribution in [1.82, 2.24) is 15.3 Å². The van der Waals surface area contributed by atoms with E-state index in [1.807, 2.05) is 18.2 Å². The first-order chi connectivity index (χ1) is 8.47. The maximum absolute atomic E-state index is 10.3. The quantitative estimate of drug-likeness (QED) is 0.869. The average molecular weight is 245 g/mol. The lowest BCUT2D eigenvalue weighted by atomic mass is 10.0. The van der Waals surface area contributed by atoms with Crippen molar-refractivity contribution in [2.75, 3.05) is 6.54 Å². The van der Waals surface area contributed by atoms with Crippen LogP contribution in [0.1, 0.15) is 32.4 Å². The highest BCUT2D eigenvalue weighted by molar-refractivity contribution is 5.77. The first-order valence-corrected chi connectivity index (χ1v) is 6.10. The van der Waals surface area contributed by atoms with Crippen LogP contribution in [0.4, 0.5) is 0 Å². The van der Waals surface area contributed by atoms with E-state index in [4.69, 9.17) is 0 Å². The van der Waals surface area contributed by atoms with Gasteiger partial charge in [-0.25, -0.2) is 0 Å². The number of hydrogen-bond acceptors (Lipinski definition) is 4. The lowest BCUT2D eigenvalue weighted by molar-refractivity contribution is 0.164. The molecule has 0 unspecified atom stereocenters. The Kier molecular flexibility index (Phi) is 3.59. The van der Waals surface area contributed by atoms with Gasteiger partial charge in [0.15, 0.2) is 0 Å². The molecule has 0 aliphatic heterocycles. The van der Waals surface area contributed by atoms with E-state index in [9.17, 15) is 5.11 Å². The molecule has 0 saturated carbocycles. The molecule has 4 heteroatoms. The molecule has 0 amide bonds. The van der Waals surface area contributed by atoms with Crippen molar-refractivity contribution >= 4 is 11.0 Å². The van der Waals surface area contributed by atoms with E-state index < -0.39 is 6.10 Å². The zero-order chi connectivity index (χ0) is 13.2. The van der Waals surface area contributed by atoms with Crippen LogP contribution < -0.4 is 5.32 Å². The summed E-state index contributed by atoms with van der Waals surface area (Å²) in [6, 6.07) is 5.69. The predicted octanol–water partition coefficient (Wildman–Crippen LogP) is 2.05. The van der Waals surface area contributed by atoms with Crippen LogP contribution in [-0.4, -0.2) is 27.2 Å². The number of β-amino-alcohol motifs (C(OH)–C–C–N with tert-alkyl or cyclic N) is 1. The average Bonchev–Trinajstić information content (AvgIpc) is 2.34. The maximum Gasteiger partial charge on any atom is 0.0945 e. The van der Waals surface area contributed by atoms with Gasteiger partial charge in [0.2, 0.25) is 0 Å². The number of nitrogens with zero attached hydrogens (tertiary/aromatic N) is 2. The molecule has 0 saturated heterocycles. The van der Waals surface area contributed by atoms with E-state index in [1.54, 1.807) is 12.4 Å². The maximum atomic E-state index is 10.3. The van der Waals surface area contributed by atoms with Crippen molar-refractivity contribution < 1.29 is 5.11 Å². The van der Waals surface area contributed by atoms with Crippen LogP contribution in [0.15, 0.2) is 30.6 Å². The van der Waals surface area contributed by atoms with Crippen molar-refractivity contribution in [2.24, 2.45) is 0 Å². The molecule has 1 heterocycles. The van der Waals surface area contributed by atoms with Crippen molar-refractivity contribution in [3.8, 4) is 0 Å². The van der Waals surface area contributed by atoms with Crippen LogP contribution in [0.3, 0.4) is 0 Å². The van der Waals surface area contributed by atoms with E-state index in [-0.39, 0.29) is 5.54 Å². The third-order valence-corrected chi connectivity index (χ3v) is 2.71. The Labute approximate surface area is 107 Å². The summed E-state index contributed by atoms with van der Waals surface area (Å²) in [5.74, 6) is 0. The molecule has 0 bridgehead atoms. The van der Waals surface area contributed by atoms with Crippen molar-refractivity contribution in [3.63, 3.8) is 0 Å². The van der Waals surface area contributed by atoms with Crippen molar-refractivity contribution in [2.45, 2.75) is 32.4 Å². The molecule has 0 aliphatic rings. The summed E-state index contributed by atoms with van der Waals surface area (Å²) in [5, 5.41) is 13.5. The van der Waals surface area contributed by atoms with Crippen LogP contribution in [0.25, 0.3) is 11.0 Å². The molecular formula is C14H19N3O. The van der Waals surface area contributed by atoms with E-state index in [1.165, 1.54) is 0 Å². The van der Waals surface area contributed by atoms with Crippen molar-refractivity contribution in [3.05, 3.63) is 36.2 Å². The third kappa shape index (κ3) is 3.03. The minimum Gasteiger partial charge on any atom is -0.387 e. The normalized spacial score (nSPS) is 13.8. The van der Waals surface area contributed by atoms with Gasteiger partial charge in [0.25, 0.3) is 0 Å². The molecule has 0 aliphatic carbocycles. The van der Waals surface area contributed by atoms with E-state index in [0.29, 0.717) is 6.54 Å². The first kappa shape index (κ1) is 12.9. The van der Waals surface area contributed by atoms with Crippen LogP contribution in [0.5, 0.6) is 0 Å². The monoisotopic (exact) mass is 245 g/mol. The molecule has 18 heavy (non-hydrogen) atoms. The minimum absolute atomic E-state index is 0.0166. The lowest BCUT2D eigenvalue weighted by Crippen LogP contribution is -2.38. The van der Waals surface area contributed by atoms with Gasteiger partial charge in [0, 0.05) is 30.0 Å². The van der Waals surface area contributed by atoms with Crippen molar-refractivity contribution in [1.29, 1.82) is 0 Å². The van der Waals surface area contributed by atoms with Crippen LogP contribution in [0.2, 0.25) is 0 Å². The van der Waals surface area contributed by atoms with E-state index in [0.717, 1.165) is 16.6 Å². The number of para-hydroxylation sites is 1. The molecule has 0 spiro atoms. The molecule has 2 rings (SSSR count). The van der Waals surface area contributed by atoms with E-state index >= 15 is 0 Å².